The Balaban J connectivity index is 1.54. The Kier molecular flexibility index (Phi) is 4.82. The van der Waals surface area contributed by atoms with Crippen molar-refractivity contribution in [2.24, 2.45) is 0 Å². The normalized spacial score (nSPS) is 14.0. The summed E-state index contributed by atoms with van der Waals surface area (Å²) in [5.74, 6) is 0.225. The van der Waals surface area contributed by atoms with Crippen molar-refractivity contribution in [2.75, 3.05) is 11.9 Å². The highest BCUT2D eigenvalue weighted by Gasteiger charge is 2.23. The summed E-state index contributed by atoms with van der Waals surface area (Å²) < 4.78 is 6.95. The Labute approximate surface area is 165 Å². The van der Waals surface area contributed by atoms with E-state index < -0.39 is 5.25 Å². The van der Waals surface area contributed by atoms with Crippen LogP contribution in [-0.4, -0.2) is 43.8 Å². The summed E-state index contributed by atoms with van der Waals surface area (Å²) in [6.07, 6.45) is 0. The third kappa shape index (κ3) is 3.61. The molecule has 0 unspecified atom stereocenters. The number of aromatic nitrogens is 4. The number of hydrogen-bond donors (Lipinski definition) is 1. The summed E-state index contributed by atoms with van der Waals surface area (Å²) in [7, 11) is 0. The molecule has 1 aliphatic rings. The molecule has 0 aliphatic carbocycles. The van der Waals surface area contributed by atoms with Gasteiger partial charge >= 0.3 is 0 Å². The van der Waals surface area contributed by atoms with Crippen molar-refractivity contribution in [3.05, 3.63) is 53.6 Å². The van der Waals surface area contributed by atoms with Gasteiger partial charge < -0.3 is 10.1 Å². The summed E-state index contributed by atoms with van der Waals surface area (Å²) in [6.45, 7) is 3.77. The predicted molar refractivity (Wildman–Crippen MR) is 104 cm³/mol. The average molecular weight is 395 g/mol. The van der Waals surface area contributed by atoms with E-state index in [2.05, 4.69) is 20.8 Å². The van der Waals surface area contributed by atoms with E-state index in [1.165, 1.54) is 11.8 Å². The van der Waals surface area contributed by atoms with Gasteiger partial charge in [-0.15, -0.1) is 5.10 Å². The van der Waals surface area contributed by atoms with Crippen molar-refractivity contribution < 1.29 is 14.3 Å². The van der Waals surface area contributed by atoms with Crippen molar-refractivity contribution in [1.29, 1.82) is 0 Å². The van der Waals surface area contributed by atoms with E-state index in [9.17, 15) is 9.59 Å². The molecule has 2 aromatic carbocycles. The first-order chi connectivity index (χ1) is 13.5. The van der Waals surface area contributed by atoms with E-state index in [0.29, 0.717) is 22.2 Å². The Morgan fingerprint density at radius 3 is 2.96 bits per heavy atom. The highest BCUT2D eigenvalue weighted by atomic mass is 32.2. The lowest BCUT2D eigenvalue weighted by Gasteiger charge is -2.19. The monoisotopic (exact) mass is 395 g/mol. The van der Waals surface area contributed by atoms with Crippen LogP contribution in [-0.2, 0) is 4.79 Å². The summed E-state index contributed by atoms with van der Waals surface area (Å²) in [4.78, 5) is 24.4. The van der Waals surface area contributed by atoms with Crippen LogP contribution in [0.1, 0.15) is 22.8 Å². The van der Waals surface area contributed by atoms with Crippen molar-refractivity contribution in [3.8, 4) is 11.4 Å². The minimum atomic E-state index is -0.423. The number of ether oxygens (including phenoxy) is 1. The van der Waals surface area contributed by atoms with Crippen molar-refractivity contribution in [3.63, 3.8) is 0 Å². The van der Waals surface area contributed by atoms with Gasteiger partial charge in [-0.2, -0.15) is 4.68 Å². The van der Waals surface area contributed by atoms with Crippen LogP contribution in [0.2, 0.25) is 0 Å². The van der Waals surface area contributed by atoms with E-state index >= 15 is 0 Å². The number of carbonyl (C=O) groups is 2. The fourth-order valence-corrected chi connectivity index (χ4v) is 3.74. The van der Waals surface area contributed by atoms with Crippen LogP contribution >= 0.6 is 11.8 Å². The van der Waals surface area contributed by atoms with Crippen LogP contribution in [0.5, 0.6) is 5.75 Å². The molecule has 4 rings (SSSR count). The first-order valence-electron chi connectivity index (χ1n) is 8.64. The van der Waals surface area contributed by atoms with Gasteiger partial charge in [0.2, 0.25) is 5.16 Å². The molecule has 0 saturated heterocycles. The molecule has 1 atom stereocenters. The number of fused-ring (bicyclic) bond motifs is 1. The molecule has 28 heavy (non-hydrogen) atoms. The molecule has 0 radical (unpaired) electrons. The number of anilines is 1. The van der Waals surface area contributed by atoms with Gasteiger partial charge in [-0.05, 0) is 60.2 Å². The van der Waals surface area contributed by atoms with Gasteiger partial charge in [0.25, 0.3) is 5.91 Å². The van der Waals surface area contributed by atoms with Gasteiger partial charge in [-0.25, -0.2) is 0 Å². The Bertz CT molecular complexity index is 1070. The number of hydrogen-bond acceptors (Lipinski definition) is 7. The van der Waals surface area contributed by atoms with E-state index in [1.807, 2.05) is 31.2 Å². The number of ketones is 1. The molecule has 9 heteroatoms. The van der Waals surface area contributed by atoms with Crippen LogP contribution in [0, 0.1) is 6.92 Å². The lowest BCUT2D eigenvalue weighted by molar-refractivity contribution is -0.118. The highest BCUT2D eigenvalue weighted by molar-refractivity contribution is 8.00. The number of benzene rings is 2. The Morgan fingerprint density at radius 2 is 2.14 bits per heavy atom. The maximum Gasteiger partial charge on any atom is 0.262 e. The third-order valence-electron chi connectivity index (χ3n) is 4.24. The lowest BCUT2D eigenvalue weighted by Crippen LogP contribution is -2.25. The molecule has 142 valence electrons. The summed E-state index contributed by atoms with van der Waals surface area (Å²) in [5, 5.41) is 14.7. The van der Waals surface area contributed by atoms with E-state index in [0.717, 1.165) is 11.3 Å². The smallest absolute Gasteiger partial charge is 0.262 e. The number of tetrazole rings is 1. The topological polar surface area (TPSA) is 99.0 Å². The number of amides is 1. The Hall–Kier alpha value is -3.20. The van der Waals surface area contributed by atoms with Gasteiger partial charge in [0.05, 0.1) is 16.6 Å². The van der Waals surface area contributed by atoms with Crippen LogP contribution < -0.4 is 10.1 Å². The number of Topliss-reactive ketones (excluding diaryl/α,β-unsaturated/α-hetero) is 1. The highest BCUT2D eigenvalue weighted by Crippen LogP contribution is 2.31. The number of aryl methyl sites for hydroxylation is 1. The second kappa shape index (κ2) is 7.43. The van der Waals surface area contributed by atoms with Gasteiger partial charge in [-0.1, -0.05) is 23.9 Å². The maximum absolute atomic E-state index is 12.9. The zero-order valence-electron chi connectivity index (χ0n) is 15.2. The zero-order valence-corrected chi connectivity index (χ0v) is 16.1. The van der Waals surface area contributed by atoms with Crippen LogP contribution in [0.3, 0.4) is 0 Å². The minimum absolute atomic E-state index is 0.0197. The molecule has 1 N–H and O–H groups in total. The molecule has 0 bridgehead atoms. The number of nitrogens with one attached hydrogen (secondary N) is 1. The molecule has 0 fully saturated rings. The summed E-state index contributed by atoms with van der Waals surface area (Å²) in [5.41, 5.74) is 2.91. The molecule has 8 nitrogen and oxygen atoms in total. The first kappa shape index (κ1) is 18.2. The second-order valence-electron chi connectivity index (χ2n) is 6.38. The average Bonchev–Trinajstić information content (AvgIpc) is 3.15. The van der Waals surface area contributed by atoms with E-state index in [-0.39, 0.29) is 18.3 Å². The van der Waals surface area contributed by atoms with Crippen LogP contribution in [0.15, 0.2) is 47.6 Å². The molecular formula is C19H17N5O3S. The molecule has 1 aromatic heterocycles. The zero-order chi connectivity index (χ0) is 19.7. The van der Waals surface area contributed by atoms with Crippen molar-refractivity contribution in [2.45, 2.75) is 24.3 Å². The Morgan fingerprint density at radius 1 is 1.29 bits per heavy atom. The minimum Gasteiger partial charge on any atom is -0.482 e. The van der Waals surface area contributed by atoms with Crippen LogP contribution in [0.25, 0.3) is 5.69 Å². The predicted octanol–water partition coefficient (Wildman–Crippen LogP) is 2.67. The molecule has 1 amide bonds. The van der Waals surface area contributed by atoms with Gasteiger partial charge in [-0.3, -0.25) is 9.59 Å². The van der Waals surface area contributed by atoms with E-state index in [4.69, 9.17) is 4.74 Å². The summed E-state index contributed by atoms with van der Waals surface area (Å²) >= 11 is 1.28. The molecule has 0 saturated carbocycles. The number of carbonyl (C=O) groups excluding carboxylic acids is 2. The molecule has 2 heterocycles. The first-order valence-corrected chi connectivity index (χ1v) is 9.52. The number of thioether (sulfide) groups is 1. The maximum atomic E-state index is 12.9. The largest absolute Gasteiger partial charge is 0.482 e. The van der Waals surface area contributed by atoms with Gasteiger partial charge in [0.1, 0.15) is 5.75 Å². The molecule has 0 spiro atoms. The fourth-order valence-electron chi connectivity index (χ4n) is 2.86. The molecule has 3 aromatic rings. The SMILES string of the molecule is Cc1cccc(-n2nnnc2S[C@@H](C)C(=O)c2ccc3c(c2)NC(=O)CO3)c1. The second-order valence-corrected chi connectivity index (χ2v) is 7.69. The van der Waals surface area contributed by atoms with Crippen molar-refractivity contribution >= 4 is 29.1 Å². The van der Waals surface area contributed by atoms with Crippen LogP contribution in [0.4, 0.5) is 5.69 Å². The third-order valence-corrected chi connectivity index (χ3v) is 5.27. The fraction of sp³-hybridized carbons (Fsp3) is 0.211. The molecular weight excluding hydrogens is 378 g/mol. The summed E-state index contributed by atoms with van der Waals surface area (Å²) in [6, 6.07) is 12.8. The van der Waals surface area contributed by atoms with Gasteiger partial charge in [0, 0.05) is 5.56 Å². The van der Waals surface area contributed by atoms with Gasteiger partial charge in [0.15, 0.2) is 12.4 Å². The van der Waals surface area contributed by atoms with Crippen molar-refractivity contribution in [1.82, 2.24) is 20.2 Å². The number of nitrogens with zero attached hydrogens (tertiary/aromatic N) is 4. The van der Waals surface area contributed by atoms with E-state index in [1.54, 1.807) is 29.8 Å². The molecule has 1 aliphatic heterocycles. The standard InChI is InChI=1S/C19H17N5O3S/c1-11-4-3-5-14(8-11)24-19(21-22-23-24)28-12(2)18(26)13-6-7-16-15(9-13)20-17(25)10-27-16/h3-9,12H,10H2,1-2H3,(H,20,25)/t12-/m0/s1. The quantitative estimate of drug-likeness (QED) is 0.524. The number of rotatable bonds is 5. The lowest BCUT2D eigenvalue weighted by atomic mass is 10.1.